The van der Waals surface area contributed by atoms with Crippen molar-refractivity contribution in [1.82, 2.24) is 14.8 Å². The lowest BCUT2D eigenvalue weighted by Gasteiger charge is -2.09. The predicted molar refractivity (Wildman–Crippen MR) is 101 cm³/mol. The molecule has 1 aliphatic carbocycles. The van der Waals surface area contributed by atoms with E-state index in [0.717, 1.165) is 34.8 Å². The van der Waals surface area contributed by atoms with E-state index in [1.165, 1.54) is 17.8 Å². The van der Waals surface area contributed by atoms with E-state index in [4.69, 9.17) is 4.42 Å². The third-order valence-electron chi connectivity index (χ3n) is 4.57. The molecule has 134 valence electrons. The Morgan fingerprint density at radius 2 is 2.23 bits per heavy atom. The molecule has 6 nitrogen and oxygen atoms in total. The molecular weight excluding hydrogens is 350 g/mol. The van der Waals surface area contributed by atoms with Crippen molar-refractivity contribution in [3.8, 4) is 5.75 Å². The second-order valence-electron chi connectivity index (χ2n) is 6.48. The van der Waals surface area contributed by atoms with Crippen LogP contribution in [0.3, 0.4) is 0 Å². The van der Waals surface area contributed by atoms with E-state index in [9.17, 15) is 9.90 Å². The first-order chi connectivity index (χ1) is 12.6. The van der Waals surface area contributed by atoms with Crippen LogP contribution < -0.4 is 5.63 Å². The molecule has 26 heavy (non-hydrogen) atoms. The molecule has 0 radical (unpaired) electrons. The van der Waals surface area contributed by atoms with Crippen LogP contribution in [-0.2, 0) is 12.3 Å². The van der Waals surface area contributed by atoms with Gasteiger partial charge in [0.1, 0.15) is 17.2 Å². The van der Waals surface area contributed by atoms with Crippen molar-refractivity contribution in [1.29, 1.82) is 0 Å². The number of allylic oxidation sites excluding steroid dienone is 1. The number of hydrogen-bond acceptors (Lipinski definition) is 6. The summed E-state index contributed by atoms with van der Waals surface area (Å²) in [5.74, 6) is 2.20. The van der Waals surface area contributed by atoms with Gasteiger partial charge < -0.3 is 14.1 Å². The van der Waals surface area contributed by atoms with Gasteiger partial charge in [-0.05, 0) is 37.5 Å². The van der Waals surface area contributed by atoms with Crippen LogP contribution in [0.4, 0.5) is 0 Å². The molecule has 1 saturated carbocycles. The van der Waals surface area contributed by atoms with Gasteiger partial charge in [-0.1, -0.05) is 17.8 Å². The molecule has 3 aromatic rings. The fourth-order valence-corrected chi connectivity index (χ4v) is 3.97. The van der Waals surface area contributed by atoms with E-state index in [0.29, 0.717) is 29.4 Å². The Morgan fingerprint density at radius 1 is 1.42 bits per heavy atom. The first-order valence-electron chi connectivity index (χ1n) is 8.50. The SMILES string of the molecule is C=CCn1c(SCc2cc(=O)oc3c(C)c(O)ccc23)nnc1C1CC1. The number of aromatic nitrogens is 3. The number of hydrogen-bond donors (Lipinski definition) is 1. The van der Waals surface area contributed by atoms with Gasteiger partial charge in [0.2, 0.25) is 0 Å². The standard InChI is InChI=1S/C19H19N3O3S/c1-3-8-22-18(12-4-5-12)20-21-19(22)26-10-13-9-16(24)25-17-11(2)15(23)7-6-14(13)17/h3,6-7,9,12,23H,1,4-5,8,10H2,2H3. The highest BCUT2D eigenvalue weighted by Crippen LogP contribution is 2.40. The average Bonchev–Trinajstić information content (AvgIpc) is 3.39. The third kappa shape index (κ3) is 3.03. The lowest BCUT2D eigenvalue weighted by Crippen LogP contribution is -2.04. The maximum absolute atomic E-state index is 11.9. The molecule has 0 spiro atoms. The summed E-state index contributed by atoms with van der Waals surface area (Å²) in [6.45, 7) is 6.23. The molecule has 1 aromatic carbocycles. The Hall–Kier alpha value is -2.54. The van der Waals surface area contributed by atoms with E-state index in [2.05, 4.69) is 21.3 Å². The first kappa shape index (κ1) is 16.9. The Morgan fingerprint density at radius 3 is 2.96 bits per heavy atom. The number of rotatable bonds is 6. The van der Waals surface area contributed by atoms with Gasteiger partial charge in [0.15, 0.2) is 5.16 Å². The molecule has 0 aliphatic heterocycles. The van der Waals surface area contributed by atoms with Crippen molar-refractivity contribution < 1.29 is 9.52 Å². The Kier molecular flexibility index (Phi) is 4.32. The number of benzene rings is 1. The molecule has 0 unspecified atom stereocenters. The van der Waals surface area contributed by atoms with E-state index < -0.39 is 5.63 Å². The summed E-state index contributed by atoms with van der Waals surface area (Å²) in [5, 5.41) is 20.2. The monoisotopic (exact) mass is 369 g/mol. The first-order valence-corrected chi connectivity index (χ1v) is 9.49. The maximum atomic E-state index is 11.9. The van der Waals surface area contributed by atoms with Gasteiger partial charge in [0.05, 0.1) is 0 Å². The van der Waals surface area contributed by atoms with Crippen molar-refractivity contribution in [3.05, 3.63) is 58.2 Å². The second-order valence-corrected chi connectivity index (χ2v) is 7.42. The molecule has 1 aliphatic rings. The van der Waals surface area contributed by atoms with Gasteiger partial charge in [-0.2, -0.15) is 0 Å². The lowest BCUT2D eigenvalue weighted by molar-refractivity contribution is 0.468. The minimum absolute atomic E-state index is 0.116. The van der Waals surface area contributed by atoms with Crippen LogP contribution in [0.15, 0.2) is 45.2 Å². The lowest BCUT2D eigenvalue weighted by atomic mass is 10.1. The van der Waals surface area contributed by atoms with E-state index in [-0.39, 0.29) is 5.75 Å². The highest BCUT2D eigenvalue weighted by molar-refractivity contribution is 7.98. The number of nitrogens with zero attached hydrogens (tertiary/aromatic N) is 3. The van der Waals surface area contributed by atoms with Crippen LogP contribution >= 0.6 is 11.8 Å². The van der Waals surface area contributed by atoms with Crippen LogP contribution in [0.5, 0.6) is 5.75 Å². The topological polar surface area (TPSA) is 81.2 Å². The van der Waals surface area contributed by atoms with Gasteiger partial charge >= 0.3 is 5.63 Å². The van der Waals surface area contributed by atoms with Crippen LogP contribution in [0.25, 0.3) is 11.0 Å². The van der Waals surface area contributed by atoms with Gasteiger partial charge in [0.25, 0.3) is 0 Å². The van der Waals surface area contributed by atoms with Gasteiger partial charge in [-0.3, -0.25) is 0 Å². The largest absolute Gasteiger partial charge is 0.508 e. The molecule has 1 N–H and O–H groups in total. The smallest absolute Gasteiger partial charge is 0.336 e. The van der Waals surface area contributed by atoms with Crippen LogP contribution in [-0.4, -0.2) is 19.9 Å². The second kappa shape index (κ2) is 6.64. The van der Waals surface area contributed by atoms with Crippen LogP contribution in [0, 0.1) is 6.92 Å². The number of phenols is 1. The minimum atomic E-state index is -0.423. The summed E-state index contributed by atoms with van der Waals surface area (Å²) in [6, 6.07) is 4.90. The number of thioether (sulfide) groups is 1. The Balaban J connectivity index is 1.67. The molecule has 2 aromatic heterocycles. The zero-order valence-electron chi connectivity index (χ0n) is 14.4. The van der Waals surface area contributed by atoms with E-state index >= 15 is 0 Å². The quantitative estimate of drug-likeness (QED) is 0.405. The Labute approximate surface area is 154 Å². The van der Waals surface area contributed by atoms with Crippen LogP contribution in [0.1, 0.15) is 35.7 Å². The van der Waals surface area contributed by atoms with E-state index in [1.54, 1.807) is 19.1 Å². The predicted octanol–water partition coefficient (Wildman–Crippen LogP) is 3.75. The molecule has 1 fully saturated rings. The molecule has 7 heteroatoms. The molecular formula is C19H19N3O3S. The zero-order chi connectivity index (χ0) is 18.3. The number of aromatic hydroxyl groups is 1. The number of fused-ring (bicyclic) bond motifs is 1. The molecule has 0 atom stereocenters. The third-order valence-corrected chi connectivity index (χ3v) is 5.59. The van der Waals surface area contributed by atoms with Crippen molar-refractivity contribution >= 4 is 22.7 Å². The molecule has 0 bridgehead atoms. The molecule has 0 saturated heterocycles. The fourth-order valence-electron chi connectivity index (χ4n) is 3.03. The van der Waals surface area contributed by atoms with Crippen molar-refractivity contribution in [2.75, 3.05) is 0 Å². The summed E-state index contributed by atoms with van der Waals surface area (Å²) in [6.07, 6.45) is 4.16. The molecule has 2 heterocycles. The van der Waals surface area contributed by atoms with Gasteiger partial charge in [0, 0.05) is 35.2 Å². The van der Waals surface area contributed by atoms with Crippen molar-refractivity contribution in [2.24, 2.45) is 0 Å². The van der Waals surface area contributed by atoms with Crippen molar-refractivity contribution in [2.45, 2.75) is 43.1 Å². The van der Waals surface area contributed by atoms with Crippen molar-refractivity contribution in [3.63, 3.8) is 0 Å². The summed E-state index contributed by atoms with van der Waals surface area (Å²) >= 11 is 1.54. The average molecular weight is 369 g/mol. The van der Waals surface area contributed by atoms with Gasteiger partial charge in [-0.15, -0.1) is 16.8 Å². The summed E-state index contributed by atoms with van der Waals surface area (Å²) < 4.78 is 7.40. The van der Waals surface area contributed by atoms with E-state index in [1.807, 2.05) is 6.08 Å². The summed E-state index contributed by atoms with van der Waals surface area (Å²) in [5.41, 5.74) is 1.43. The fraction of sp³-hybridized carbons (Fsp3) is 0.316. The zero-order valence-corrected chi connectivity index (χ0v) is 15.3. The minimum Gasteiger partial charge on any atom is -0.508 e. The van der Waals surface area contributed by atoms with Gasteiger partial charge in [-0.25, -0.2) is 4.79 Å². The molecule has 0 amide bonds. The highest BCUT2D eigenvalue weighted by Gasteiger charge is 2.30. The van der Waals surface area contributed by atoms with Crippen LogP contribution in [0.2, 0.25) is 0 Å². The Bertz CT molecular complexity index is 1050. The highest BCUT2D eigenvalue weighted by atomic mass is 32.2. The normalized spacial score (nSPS) is 14.0. The molecule has 4 rings (SSSR count). The number of phenolic OH excluding ortho intramolecular Hbond substituents is 1. The maximum Gasteiger partial charge on any atom is 0.336 e. The number of aryl methyl sites for hydroxylation is 1. The summed E-state index contributed by atoms with van der Waals surface area (Å²) in [4.78, 5) is 11.9. The summed E-state index contributed by atoms with van der Waals surface area (Å²) in [7, 11) is 0.